The molecule has 18 heavy (non-hydrogen) atoms. The number of halogens is 5. The van der Waals surface area contributed by atoms with Crippen molar-refractivity contribution < 1.29 is 23.0 Å². The minimum atomic E-state index is -4.95. The van der Waals surface area contributed by atoms with Crippen molar-refractivity contribution in [2.24, 2.45) is 0 Å². The Morgan fingerprint density at radius 2 is 1.56 bits per heavy atom. The molecule has 0 bridgehead atoms. The molecule has 0 fully saturated rings. The molecule has 1 aromatic carbocycles. The standard InChI is InChI=1S/C7HBr2F3N2O4/c8-4-2(7(10,11)12)1-3(13(15)16)5(9)6(4)14(17)18/h1H. The molecular formula is C7HBr2F3N2O4. The predicted molar refractivity (Wildman–Crippen MR) is 60.2 cm³/mol. The van der Waals surface area contributed by atoms with Gasteiger partial charge in [0, 0.05) is 6.07 Å². The third-order valence-corrected chi connectivity index (χ3v) is 3.43. The Labute approximate surface area is 113 Å². The van der Waals surface area contributed by atoms with Crippen LogP contribution in [0.5, 0.6) is 0 Å². The van der Waals surface area contributed by atoms with Crippen LogP contribution >= 0.6 is 31.9 Å². The maximum absolute atomic E-state index is 12.6. The molecule has 0 unspecified atom stereocenters. The van der Waals surface area contributed by atoms with Gasteiger partial charge in [-0.3, -0.25) is 20.2 Å². The molecule has 6 nitrogen and oxygen atoms in total. The number of nitro groups is 2. The molecular weight excluding hydrogens is 393 g/mol. The van der Waals surface area contributed by atoms with Crippen LogP contribution in [0.15, 0.2) is 15.0 Å². The molecule has 0 N–H and O–H groups in total. The van der Waals surface area contributed by atoms with Gasteiger partial charge in [-0.15, -0.1) is 0 Å². The molecule has 0 spiro atoms. The molecule has 0 amide bonds. The Morgan fingerprint density at radius 1 is 1.06 bits per heavy atom. The summed E-state index contributed by atoms with van der Waals surface area (Å²) in [5, 5.41) is 21.2. The van der Waals surface area contributed by atoms with Crippen LogP contribution in [0.2, 0.25) is 0 Å². The molecule has 0 saturated heterocycles. The van der Waals surface area contributed by atoms with Crippen LogP contribution in [0.3, 0.4) is 0 Å². The molecule has 0 radical (unpaired) electrons. The van der Waals surface area contributed by atoms with Gasteiger partial charge < -0.3 is 0 Å². The summed E-state index contributed by atoms with van der Waals surface area (Å²) in [5.41, 5.74) is -3.56. The maximum atomic E-state index is 12.6. The summed E-state index contributed by atoms with van der Waals surface area (Å²) in [6.45, 7) is 0. The van der Waals surface area contributed by atoms with Gasteiger partial charge in [0.2, 0.25) is 0 Å². The number of alkyl halides is 3. The minimum Gasteiger partial charge on any atom is -0.258 e. The van der Waals surface area contributed by atoms with Crippen molar-refractivity contribution in [3.63, 3.8) is 0 Å². The lowest BCUT2D eigenvalue weighted by atomic mass is 10.1. The summed E-state index contributed by atoms with van der Waals surface area (Å²) in [6.07, 6.45) is -4.95. The van der Waals surface area contributed by atoms with Gasteiger partial charge in [0.05, 0.1) is 15.4 Å². The molecule has 0 aliphatic heterocycles. The zero-order valence-electron chi connectivity index (χ0n) is 7.99. The van der Waals surface area contributed by atoms with E-state index in [0.717, 1.165) is 0 Å². The van der Waals surface area contributed by atoms with E-state index in [-0.39, 0.29) is 6.07 Å². The van der Waals surface area contributed by atoms with Gasteiger partial charge in [0.1, 0.15) is 4.47 Å². The van der Waals surface area contributed by atoms with E-state index < -0.39 is 41.9 Å². The maximum Gasteiger partial charge on any atom is 0.418 e. The van der Waals surface area contributed by atoms with Crippen molar-refractivity contribution in [1.82, 2.24) is 0 Å². The summed E-state index contributed by atoms with van der Waals surface area (Å²) in [7, 11) is 0. The lowest BCUT2D eigenvalue weighted by Gasteiger charge is -2.10. The lowest BCUT2D eigenvalue weighted by molar-refractivity contribution is -0.396. The third kappa shape index (κ3) is 2.61. The van der Waals surface area contributed by atoms with E-state index in [9.17, 15) is 33.4 Å². The highest BCUT2D eigenvalue weighted by Gasteiger charge is 2.40. The second-order valence-electron chi connectivity index (χ2n) is 2.93. The van der Waals surface area contributed by atoms with Crippen LogP contribution in [0.25, 0.3) is 0 Å². The van der Waals surface area contributed by atoms with Crippen molar-refractivity contribution in [1.29, 1.82) is 0 Å². The Bertz CT molecular complexity index is 546. The van der Waals surface area contributed by atoms with Gasteiger partial charge >= 0.3 is 11.9 Å². The van der Waals surface area contributed by atoms with Gasteiger partial charge in [0.25, 0.3) is 5.69 Å². The zero-order chi connectivity index (χ0) is 14.2. The number of nitrogens with zero attached hydrogens (tertiary/aromatic N) is 2. The Hall–Kier alpha value is -1.23. The molecule has 0 atom stereocenters. The lowest BCUT2D eigenvalue weighted by Crippen LogP contribution is -2.09. The summed E-state index contributed by atoms with van der Waals surface area (Å²) < 4.78 is 36.2. The molecule has 0 aliphatic carbocycles. The van der Waals surface area contributed by atoms with Crippen molar-refractivity contribution in [3.05, 3.63) is 40.8 Å². The van der Waals surface area contributed by atoms with Crippen LogP contribution in [-0.2, 0) is 6.18 Å². The fourth-order valence-electron chi connectivity index (χ4n) is 1.11. The molecule has 0 aromatic heterocycles. The zero-order valence-corrected chi connectivity index (χ0v) is 11.2. The second kappa shape index (κ2) is 4.80. The molecule has 1 rings (SSSR count). The summed E-state index contributed by atoms with van der Waals surface area (Å²) >= 11 is 4.99. The average Bonchev–Trinajstić information content (AvgIpc) is 2.13. The van der Waals surface area contributed by atoms with Crippen molar-refractivity contribution in [2.45, 2.75) is 6.18 Å². The van der Waals surface area contributed by atoms with E-state index in [0.29, 0.717) is 0 Å². The average molecular weight is 394 g/mol. The largest absolute Gasteiger partial charge is 0.418 e. The highest BCUT2D eigenvalue weighted by atomic mass is 79.9. The van der Waals surface area contributed by atoms with Gasteiger partial charge in [-0.05, 0) is 31.9 Å². The number of hydrogen-bond donors (Lipinski definition) is 0. The topological polar surface area (TPSA) is 86.3 Å². The van der Waals surface area contributed by atoms with Crippen LogP contribution in [0.4, 0.5) is 24.5 Å². The Kier molecular flexibility index (Phi) is 3.96. The Morgan fingerprint density at radius 3 is 1.89 bits per heavy atom. The number of nitro benzene ring substituents is 2. The van der Waals surface area contributed by atoms with Gasteiger partial charge in [-0.2, -0.15) is 13.2 Å². The van der Waals surface area contributed by atoms with Gasteiger partial charge in [0.15, 0.2) is 4.47 Å². The monoisotopic (exact) mass is 392 g/mol. The number of hydrogen-bond acceptors (Lipinski definition) is 4. The van der Waals surface area contributed by atoms with Crippen LogP contribution in [-0.4, -0.2) is 9.85 Å². The summed E-state index contributed by atoms with van der Waals surface area (Å²) in [5.74, 6) is 0. The number of rotatable bonds is 2. The SMILES string of the molecule is O=[N+]([O-])c1cc(C(F)(F)F)c(Br)c([N+](=O)[O-])c1Br. The summed E-state index contributed by atoms with van der Waals surface area (Å²) in [4.78, 5) is 18.9. The van der Waals surface area contributed by atoms with E-state index in [1.54, 1.807) is 0 Å². The molecule has 98 valence electrons. The smallest absolute Gasteiger partial charge is 0.258 e. The fourth-order valence-corrected chi connectivity index (χ4v) is 2.66. The van der Waals surface area contributed by atoms with E-state index in [1.807, 2.05) is 0 Å². The van der Waals surface area contributed by atoms with Crippen molar-refractivity contribution >= 4 is 43.2 Å². The highest BCUT2D eigenvalue weighted by molar-refractivity contribution is 9.11. The van der Waals surface area contributed by atoms with Crippen LogP contribution in [0, 0.1) is 20.2 Å². The predicted octanol–water partition coefficient (Wildman–Crippen LogP) is 4.05. The number of benzene rings is 1. The van der Waals surface area contributed by atoms with Crippen LogP contribution in [0.1, 0.15) is 5.56 Å². The van der Waals surface area contributed by atoms with Gasteiger partial charge in [-0.1, -0.05) is 0 Å². The molecule has 0 aliphatic rings. The molecule has 0 saturated carbocycles. The second-order valence-corrected chi connectivity index (χ2v) is 4.52. The van der Waals surface area contributed by atoms with E-state index in [2.05, 4.69) is 31.9 Å². The first kappa shape index (κ1) is 14.8. The van der Waals surface area contributed by atoms with Crippen LogP contribution < -0.4 is 0 Å². The fraction of sp³-hybridized carbons (Fsp3) is 0.143. The first-order chi connectivity index (χ1) is 8.07. The van der Waals surface area contributed by atoms with E-state index >= 15 is 0 Å². The molecule has 0 heterocycles. The Balaban J connectivity index is 3.78. The normalized spacial score (nSPS) is 11.4. The van der Waals surface area contributed by atoms with Crippen molar-refractivity contribution in [2.75, 3.05) is 0 Å². The molecule has 1 aromatic rings. The van der Waals surface area contributed by atoms with Crippen molar-refractivity contribution in [3.8, 4) is 0 Å². The third-order valence-electron chi connectivity index (χ3n) is 1.84. The van der Waals surface area contributed by atoms with E-state index in [4.69, 9.17) is 0 Å². The summed E-state index contributed by atoms with van der Waals surface area (Å²) in [6, 6.07) is 0.223. The first-order valence-corrected chi connectivity index (χ1v) is 5.54. The minimum absolute atomic E-state index is 0.223. The molecule has 11 heteroatoms. The first-order valence-electron chi connectivity index (χ1n) is 3.95. The van der Waals surface area contributed by atoms with Gasteiger partial charge in [-0.25, -0.2) is 0 Å². The van der Waals surface area contributed by atoms with E-state index in [1.165, 1.54) is 0 Å². The highest BCUT2D eigenvalue weighted by Crippen LogP contribution is 2.46. The quantitative estimate of drug-likeness (QED) is 0.560.